The fraction of sp³-hybridized carbons (Fsp3) is 0.333. The first-order valence-corrected chi connectivity index (χ1v) is 12.2. The topological polar surface area (TPSA) is 71.3 Å². The summed E-state index contributed by atoms with van der Waals surface area (Å²) in [5.41, 5.74) is 2.85. The van der Waals surface area contributed by atoms with Crippen molar-refractivity contribution in [1.29, 1.82) is 0 Å². The molecule has 6 nitrogen and oxygen atoms in total. The molecule has 0 spiro atoms. The van der Waals surface area contributed by atoms with Gasteiger partial charge < -0.3 is 4.84 Å². The second-order valence-corrected chi connectivity index (χ2v) is 10.1. The highest BCUT2D eigenvalue weighted by Gasteiger charge is 2.32. The zero-order valence-electron chi connectivity index (χ0n) is 18.4. The summed E-state index contributed by atoms with van der Waals surface area (Å²) in [7, 11) is -3.64. The smallest absolute Gasteiger partial charge is 0.260 e. The van der Waals surface area contributed by atoms with Crippen LogP contribution in [0, 0.1) is 17.6 Å². The number of hydrogen-bond acceptors (Lipinski definition) is 5. The summed E-state index contributed by atoms with van der Waals surface area (Å²) in [4.78, 5) is 10.0. The van der Waals surface area contributed by atoms with Crippen molar-refractivity contribution >= 4 is 21.4 Å². The summed E-state index contributed by atoms with van der Waals surface area (Å²) in [6, 6.07) is 11.7. The van der Waals surface area contributed by atoms with E-state index in [1.54, 1.807) is 30.3 Å². The van der Waals surface area contributed by atoms with Crippen LogP contribution >= 0.6 is 0 Å². The quantitative estimate of drug-likeness (QED) is 0.566. The number of benzene rings is 2. The molecule has 0 saturated carbocycles. The van der Waals surface area contributed by atoms with Crippen LogP contribution in [-0.4, -0.2) is 37.2 Å². The normalized spacial score (nSPS) is 19.4. The standard InChI is InChI=1S/C24H25F2N3O3S/c1-16-15-23(27-17(16)2)33(30,31)29-13-11-22(12-14-29)28-32-24(18-3-7-20(25)8-4-18)19-5-9-21(26)10-6-19/h3-10,15-16,24H,11-14H2,1-2H3. The molecule has 0 bridgehead atoms. The predicted molar refractivity (Wildman–Crippen MR) is 123 cm³/mol. The molecule has 33 heavy (non-hydrogen) atoms. The van der Waals surface area contributed by atoms with Crippen LogP contribution in [0.1, 0.15) is 43.9 Å². The Morgan fingerprint density at radius 1 is 1.00 bits per heavy atom. The molecule has 0 aromatic heterocycles. The van der Waals surface area contributed by atoms with Crippen LogP contribution < -0.4 is 0 Å². The molecule has 1 saturated heterocycles. The van der Waals surface area contributed by atoms with Gasteiger partial charge in [-0.2, -0.15) is 4.31 Å². The molecule has 0 N–H and O–H groups in total. The molecular weight excluding hydrogens is 448 g/mol. The number of oxime groups is 1. The maximum absolute atomic E-state index is 13.4. The van der Waals surface area contributed by atoms with Crippen molar-refractivity contribution in [2.24, 2.45) is 16.1 Å². The van der Waals surface area contributed by atoms with Gasteiger partial charge in [-0.25, -0.2) is 22.2 Å². The van der Waals surface area contributed by atoms with E-state index < -0.39 is 16.1 Å². The first-order valence-electron chi connectivity index (χ1n) is 10.7. The Bertz CT molecular complexity index is 1150. The van der Waals surface area contributed by atoms with Gasteiger partial charge in [0.05, 0.1) is 5.71 Å². The van der Waals surface area contributed by atoms with Crippen LogP contribution in [-0.2, 0) is 14.9 Å². The highest BCUT2D eigenvalue weighted by Crippen LogP contribution is 2.29. The van der Waals surface area contributed by atoms with Crippen molar-refractivity contribution in [1.82, 2.24) is 4.31 Å². The van der Waals surface area contributed by atoms with E-state index in [-0.39, 0.29) is 35.7 Å². The minimum atomic E-state index is -3.64. The van der Waals surface area contributed by atoms with Crippen LogP contribution in [0.25, 0.3) is 0 Å². The molecule has 9 heteroatoms. The van der Waals surface area contributed by atoms with Gasteiger partial charge in [0.1, 0.15) is 11.6 Å². The number of aliphatic imine (C=N–C) groups is 1. The zero-order chi connectivity index (χ0) is 23.6. The van der Waals surface area contributed by atoms with Crippen LogP contribution in [0.5, 0.6) is 0 Å². The van der Waals surface area contributed by atoms with E-state index in [1.165, 1.54) is 28.6 Å². The van der Waals surface area contributed by atoms with Gasteiger partial charge in [-0.05, 0) is 48.4 Å². The van der Waals surface area contributed by atoms with Gasteiger partial charge in [-0.15, -0.1) is 0 Å². The molecule has 0 amide bonds. The van der Waals surface area contributed by atoms with Crippen molar-refractivity contribution in [3.05, 3.63) is 82.4 Å². The summed E-state index contributed by atoms with van der Waals surface area (Å²) in [6.45, 7) is 4.30. The summed E-state index contributed by atoms with van der Waals surface area (Å²) in [6.07, 6.45) is 1.87. The second kappa shape index (κ2) is 9.52. The van der Waals surface area contributed by atoms with Gasteiger partial charge in [0.2, 0.25) is 0 Å². The average Bonchev–Trinajstić information content (AvgIpc) is 3.15. The van der Waals surface area contributed by atoms with Crippen molar-refractivity contribution in [3.8, 4) is 0 Å². The largest absolute Gasteiger partial charge is 0.383 e. The molecule has 0 radical (unpaired) electrons. The minimum Gasteiger partial charge on any atom is -0.383 e. The molecule has 4 rings (SSSR count). The maximum Gasteiger partial charge on any atom is 0.260 e. The molecule has 174 valence electrons. The lowest BCUT2D eigenvalue weighted by Crippen LogP contribution is -2.39. The highest BCUT2D eigenvalue weighted by molar-refractivity contribution is 7.93. The molecule has 1 fully saturated rings. The summed E-state index contributed by atoms with van der Waals surface area (Å²) in [5.74, 6) is -0.731. The number of nitrogens with zero attached hydrogens (tertiary/aromatic N) is 3. The number of piperidine rings is 1. The van der Waals surface area contributed by atoms with Gasteiger partial charge in [0.15, 0.2) is 11.1 Å². The van der Waals surface area contributed by atoms with Gasteiger partial charge in [0.25, 0.3) is 10.0 Å². The minimum absolute atomic E-state index is 0.0138. The van der Waals surface area contributed by atoms with Crippen molar-refractivity contribution in [3.63, 3.8) is 0 Å². The molecule has 2 aliphatic heterocycles. The van der Waals surface area contributed by atoms with Crippen LogP contribution in [0.3, 0.4) is 0 Å². The monoisotopic (exact) mass is 473 g/mol. The summed E-state index contributed by atoms with van der Waals surface area (Å²) >= 11 is 0. The SMILES string of the molecule is CC1=NC(S(=O)(=O)N2CCC(=NOC(c3ccc(F)cc3)c3ccc(F)cc3)CC2)=CC1C. The third kappa shape index (κ3) is 5.20. The van der Waals surface area contributed by atoms with E-state index in [0.29, 0.717) is 24.0 Å². The van der Waals surface area contributed by atoms with Crippen LogP contribution in [0.4, 0.5) is 8.78 Å². The highest BCUT2D eigenvalue weighted by atomic mass is 32.2. The number of sulfonamides is 1. The lowest BCUT2D eigenvalue weighted by molar-refractivity contribution is 0.0856. The lowest BCUT2D eigenvalue weighted by Gasteiger charge is -2.26. The van der Waals surface area contributed by atoms with E-state index >= 15 is 0 Å². The van der Waals surface area contributed by atoms with Gasteiger partial charge in [0, 0.05) is 37.6 Å². The lowest BCUT2D eigenvalue weighted by atomic mass is 10.0. The first-order chi connectivity index (χ1) is 15.7. The Morgan fingerprint density at radius 2 is 1.52 bits per heavy atom. The number of allylic oxidation sites excluding steroid dienone is 1. The van der Waals surface area contributed by atoms with E-state index in [2.05, 4.69) is 10.1 Å². The Labute approximate surface area is 192 Å². The van der Waals surface area contributed by atoms with Gasteiger partial charge in [-0.3, -0.25) is 0 Å². The molecule has 1 atom stereocenters. The Balaban J connectivity index is 1.47. The predicted octanol–water partition coefficient (Wildman–Crippen LogP) is 4.80. The summed E-state index contributed by atoms with van der Waals surface area (Å²) in [5, 5.41) is 4.39. The number of halogens is 2. The van der Waals surface area contributed by atoms with Crippen molar-refractivity contribution in [2.75, 3.05) is 13.1 Å². The molecular formula is C24H25F2N3O3S. The zero-order valence-corrected chi connectivity index (χ0v) is 19.2. The number of rotatable bonds is 6. The molecule has 2 aliphatic rings. The van der Waals surface area contributed by atoms with E-state index in [1.807, 2.05) is 13.8 Å². The molecule has 0 aliphatic carbocycles. The van der Waals surface area contributed by atoms with Crippen molar-refractivity contribution < 1.29 is 22.0 Å². The van der Waals surface area contributed by atoms with Crippen molar-refractivity contribution in [2.45, 2.75) is 32.8 Å². The second-order valence-electron chi connectivity index (χ2n) is 8.20. The van der Waals surface area contributed by atoms with E-state index in [4.69, 9.17) is 4.84 Å². The first kappa shape index (κ1) is 23.3. The van der Waals surface area contributed by atoms with Crippen LogP contribution in [0.15, 0.2) is 69.8 Å². The van der Waals surface area contributed by atoms with Crippen LogP contribution in [0.2, 0.25) is 0 Å². The van der Waals surface area contributed by atoms with E-state index in [9.17, 15) is 17.2 Å². The average molecular weight is 474 g/mol. The Hall–Kier alpha value is -2.91. The van der Waals surface area contributed by atoms with Gasteiger partial charge >= 0.3 is 0 Å². The third-order valence-corrected chi connectivity index (χ3v) is 7.68. The fourth-order valence-electron chi connectivity index (χ4n) is 3.72. The summed E-state index contributed by atoms with van der Waals surface area (Å²) < 4.78 is 54.0. The molecule has 1 unspecified atom stereocenters. The third-order valence-electron chi connectivity index (χ3n) is 5.87. The maximum atomic E-state index is 13.4. The van der Waals surface area contributed by atoms with Gasteiger partial charge in [-0.1, -0.05) is 36.3 Å². The number of hydrogen-bond donors (Lipinski definition) is 0. The molecule has 2 heterocycles. The Kier molecular flexibility index (Phi) is 6.71. The molecule has 2 aromatic rings. The molecule has 2 aromatic carbocycles. The fourth-order valence-corrected chi connectivity index (χ4v) is 5.28. The van der Waals surface area contributed by atoms with E-state index in [0.717, 1.165) is 11.4 Å². The Morgan fingerprint density at radius 3 is 1.97 bits per heavy atom.